The summed E-state index contributed by atoms with van der Waals surface area (Å²) < 4.78 is 5.22. The van der Waals surface area contributed by atoms with Crippen LogP contribution in [-0.2, 0) is 18.9 Å². The zero-order chi connectivity index (χ0) is 26.7. The summed E-state index contributed by atoms with van der Waals surface area (Å²) in [4.78, 5) is 41.6. The number of carbonyl (C=O) groups is 1. The number of fused-ring (bicyclic) bond motifs is 3. The van der Waals surface area contributed by atoms with Crippen molar-refractivity contribution in [1.82, 2.24) is 44.6 Å². The Morgan fingerprint density at radius 2 is 1.90 bits per heavy atom. The fraction of sp³-hybridized carbons (Fsp3) is 0.259. The molecule has 2 unspecified atom stereocenters. The smallest absolute Gasteiger partial charge is 0.329 e. The molecule has 0 saturated carbocycles. The van der Waals surface area contributed by atoms with Crippen molar-refractivity contribution in [2.45, 2.75) is 18.6 Å². The van der Waals surface area contributed by atoms with Gasteiger partial charge in [0.05, 0.1) is 47.0 Å². The average Bonchev–Trinajstić information content (AvgIpc) is 3.77. The number of hydrazine groups is 1. The zero-order valence-corrected chi connectivity index (χ0v) is 21.4. The van der Waals surface area contributed by atoms with Gasteiger partial charge in [0.25, 0.3) is 5.91 Å². The lowest BCUT2D eigenvalue weighted by atomic mass is 10.0. The minimum atomic E-state index is -0.640. The highest BCUT2D eigenvalue weighted by atomic mass is 16.2. The normalized spacial score (nSPS) is 18.9. The molecule has 1 saturated heterocycles. The molecule has 1 fully saturated rings. The van der Waals surface area contributed by atoms with Crippen LogP contribution in [0.3, 0.4) is 0 Å². The van der Waals surface area contributed by atoms with E-state index in [-0.39, 0.29) is 17.6 Å². The van der Waals surface area contributed by atoms with Crippen LogP contribution in [-0.4, -0.2) is 65.3 Å². The number of benzene rings is 1. The first kappa shape index (κ1) is 23.3. The molecule has 2 N–H and O–H groups in total. The highest BCUT2D eigenvalue weighted by Crippen LogP contribution is 2.32. The van der Waals surface area contributed by atoms with E-state index in [4.69, 9.17) is 0 Å². The second-order valence-electron chi connectivity index (χ2n) is 9.97. The third-order valence-corrected chi connectivity index (χ3v) is 7.60. The molecule has 12 nitrogen and oxygen atoms in total. The van der Waals surface area contributed by atoms with Crippen LogP contribution in [0.5, 0.6) is 0 Å². The van der Waals surface area contributed by atoms with Crippen LogP contribution in [0, 0.1) is 0 Å². The van der Waals surface area contributed by atoms with Crippen LogP contribution in [0.25, 0.3) is 44.3 Å². The van der Waals surface area contributed by atoms with Gasteiger partial charge in [-0.3, -0.25) is 28.6 Å². The van der Waals surface area contributed by atoms with Crippen LogP contribution in [0.4, 0.5) is 0 Å². The van der Waals surface area contributed by atoms with Crippen LogP contribution in [0.15, 0.2) is 64.9 Å². The number of aromatic nitrogens is 6. The van der Waals surface area contributed by atoms with Crippen molar-refractivity contribution >= 4 is 34.2 Å². The topological polar surface area (TPSA) is 127 Å². The maximum absolute atomic E-state index is 13.5. The molecule has 5 aromatic rings. The van der Waals surface area contributed by atoms with Gasteiger partial charge in [-0.1, -0.05) is 12.1 Å². The molecule has 2 atom stereocenters. The van der Waals surface area contributed by atoms with Crippen molar-refractivity contribution in [1.29, 1.82) is 0 Å². The number of aliphatic imine (C=N–C) groups is 1. The lowest BCUT2D eigenvalue weighted by Gasteiger charge is -2.19. The van der Waals surface area contributed by atoms with Gasteiger partial charge in [0.1, 0.15) is 0 Å². The van der Waals surface area contributed by atoms with Crippen LogP contribution < -0.4 is 16.5 Å². The maximum atomic E-state index is 13.5. The summed E-state index contributed by atoms with van der Waals surface area (Å²) in [6.07, 6.45) is 8.84. The highest BCUT2D eigenvalue weighted by molar-refractivity contribution is 6.04. The van der Waals surface area contributed by atoms with E-state index in [1.54, 1.807) is 33.6 Å². The monoisotopic (exact) mass is 522 g/mol. The molecule has 0 aliphatic carbocycles. The standard InChI is InChI=1S/C27H26N10O2/c1-34-13-18(11-32-34)21-5-4-17(10-28-21)16-3-6-22-20(9-16)24-23(12-29-22)35(2)27(39)37(24)19-7-8-36(14-19)26(38)25-30-15-31-33-25/h3-6,9-13,15,19,25,33H,7-8,14H2,1-2H3,(H,30,31). The first-order valence-electron chi connectivity index (χ1n) is 12.7. The molecule has 4 aromatic heterocycles. The second-order valence-corrected chi connectivity index (χ2v) is 9.97. The largest absolute Gasteiger partial charge is 0.337 e. The SMILES string of the molecule is Cn1cc(-c2ccc(-c3ccc4ncc5c(c4c3)n(C3CCN(C(=O)C4N=CNN4)C3)c(=O)n5C)cn2)cn1. The van der Waals surface area contributed by atoms with Gasteiger partial charge in [-0.15, -0.1) is 0 Å². The lowest BCUT2D eigenvalue weighted by Crippen LogP contribution is -2.45. The van der Waals surface area contributed by atoms with Gasteiger partial charge in [0, 0.05) is 56.1 Å². The van der Waals surface area contributed by atoms with E-state index in [9.17, 15) is 9.59 Å². The number of pyridine rings is 2. The molecule has 0 spiro atoms. The molecule has 0 bridgehead atoms. The minimum absolute atomic E-state index is 0.108. The summed E-state index contributed by atoms with van der Waals surface area (Å²) in [5, 5.41) is 5.11. The lowest BCUT2D eigenvalue weighted by molar-refractivity contribution is -0.132. The van der Waals surface area contributed by atoms with E-state index in [1.807, 2.05) is 48.3 Å². The average molecular weight is 523 g/mol. The molecule has 6 heterocycles. The highest BCUT2D eigenvalue weighted by Gasteiger charge is 2.34. The van der Waals surface area contributed by atoms with Crippen LogP contribution in [0.1, 0.15) is 12.5 Å². The van der Waals surface area contributed by atoms with Gasteiger partial charge in [0.15, 0.2) is 6.17 Å². The Balaban J connectivity index is 1.29. The van der Waals surface area contributed by atoms with Gasteiger partial charge in [-0.25, -0.2) is 15.2 Å². The molecule has 12 heteroatoms. The Bertz CT molecular complexity index is 1830. The molecule has 196 valence electrons. The summed E-state index contributed by atoms with van der Waals surface area (Å²) in [5.41, 5.74) is 11.6. The third-order valence-electron chi connectivity index (χ3n) is 7.60. The summed E-state index contributed by atoms with van der Waals surface area (Å²) in [6, 6.07) is 9.93. The Morgan fingerprint density at radius 1 is 1.03 bits per heavy atom. The van der Waals surface area contributed by atoms with Crippen LogP contribution in [0.2, 0.25) is 0 Å². The molecule has 1 amide bonds. The predicted octanol–water partition coefficient (Wildman–Crippen LogP) is 1.59. The Labute approximate surface area is 222 Å². The molecule has 2 aliphatic rings. The molecule has 1 aromatic carbocycles. The molecular weight excluding hydrogens is 496 g/mol. The summed E-state index contributed by atoms with van der Waals surface area (Å²) in [7, 11) is 3.64. The first-order chi connectivity index (χ1) is 19.0. The fourth-order valence-corrected chi connectivity index (χ4v) is 5.55. The number of imidazole rings is 1. The number of aryl methyl sites for hydroxylation is 2. The van der Waals surface area contributed by atoms with Crippen molar-refractivity contribution in [3.63, 3.8) is 0 Å². The number of amides is 1. The molecule has 7 rings (SSSR count). The van der Waals surface area contributed by atoms with Crippen LogP contribution >= 0.6 is 0 Å². The van der Waals surface area contributed by atoms with Gasteiger partial charge < -0.3 is 10.3 Å². The van der Waals surface area contributed by atoms with E-state index >= 15 is 0 Å². The Kier molecular flexibility index (Phi) is 5.30. The van der Waals surface area contributed by atoms with Crippen molar-refractivity contribution in [3.05, 3.63) is 65.6 Å². The number of rotatable bonds is 4. The second kappa shape index (κ2) is 8.88. The Morgan fingerprint density at radius 3 is 2.64 bits per heavy atom. The summed E-state index contributed by atoms with van der Waals surface area (Å²) in [5.74, 6) is -0.108. The number of carbonyl (C=O) groups excluding carboxylic acids is 1. The maximum Gasteiger partial charge on any atom is 0.329 e. The number of hydrogen-bond donors (Lipinski definition) is 2. The number of nitrogens with one attached hydrogen (secondary N) is 2. The quantitative estimate of drug-likeness (QED) is 0.367. The van der Waals surface area contributed by atoms with E-state index in [0.717, 1.165) is 44.3 Å². The van der Waals surface area contributed by atoms with Crippen molar-refractivity contribution in [2.24, 2.45) is 19.1 Å². The number of likely N-dealkylation sites (tertiary alicyclic amines) is 1. The van der Waals surface area contributed by atoms with Crippen molar-refractivity contribution in [2.75, 3.05) is 13.1 Å². The minimum Gasteiger partial charge on any atom is -0.337 e. The summed E-state index contributed by atoms with van der Waals surface area (Å²) >= 11 is 0. The van der Waals surface area contributed by atoms with Gasteiger partial charge >= 0.3 is 5.69 Å². The predicted molar refractivity (Wildman–Crippen MR) is 147 cm³/mol. The van der Waals surface area contributed by atoms with E-state index in [0.29, 0.717) is 19.5 Å². The van der Waals surface area contributed by atoms with Gasteiger partial charge in [0.2, 0.25) is 0 Å². The van der Waals surface area contributed by atoms with E-state index in [1.165, 1.54) is 6.34 Å². The molecule has 2 aliphatic heterocycles. The first-order valence-corrected chi connectivity index (χ1v) is 12.7. The molecular formula is C27H26N10O2. The molecule has 0 radical (unpaired) electrons. The number of nitrogens with zero attached hydrogens (tertiary/aromatic N) is 8. The third kappa shape index (κ3) is 3.79. The Hall–Kier alpha value is -4.84. The van der Waals surface area contributed by atoms with E-state index < -0.39 is 6.17 Å². The van der Waals surface area contributed by atoms with Gasteiger partial charge in [-0.2, -0.15) is 5.10 Å². The number of hydrogen-bond acceptors (Lipinski definition) is 8. The summed E-state index contributed by atoms with van der Waals surface area (Å²) in [6.45, 7) is 0.998. The van der Waals surface area contributed by atoms with Crippen molar-refractivity contribution < 1.29 is 4.79 Å². The molecule has 39 heavy (non-hydrogen) atoms. The van der Waals surface area contributed by atoms with Gasteiger partial charge in [-0.05, 0) is 30.2 Å². The fourth-order valence-electron chi connectivity index (χ4n) is 5.55. The zero-order valence-electron chi connectivity index (χ0n) is 21.4. The van der Waals surface area contributed by atoms with E-state index in [2.05, 4.69) is 37.0 Å². The van der Waals surface area contributed by atoms with Crippen molar-refractivity contribution in [3.8, 4) is 22.4 Å².